The maximum Gasteiger partial charge on any atom is 0.0236 e. The van der Waals surface area contributed by atoms with Crippen molar-refractivity contribution in [2.75, 3.05) is 13.1 Å². The lowest BCUT2D eigenvalue weighted by Gasteiger charge is -2.38. The lowest BCUT2D eigenvalue weighted by molar-refractivity contribution is 0.118. The zero-order chi connectivity index (χ0) is 15.9. The summed E-state index contributed by atoms with van der Waals surface area (Å²) in [7, 11) is 0. The fourth-order valence-electron chi connectivity index (χ4n) is 2.47. The van der Waals surface area contributed by atoms with Crippen molar-refractivity contribution in [1.82, 2.24) is 10.2 Å². The van der Waals surface area contributed by atoms with E-state index in [0.717, 1.165) is 19.6 Å². The third-order valence-electron chi connectivity index (χ3n) is 4.33. The van der Waals surface area contributed by atoms with Crippen LogP contribution in [-0.4, -0.2) is 30.1 Å². The molecule has 0 aliphatic heterocycles. The fourth-order valence-corrected chi connectivity index (χ4v) is 2.47. The highest BCUT2D eigenvalue weighted by molar-refractivity contribution is 5.14. The van der Waals surface area contributed by atoms with Gasteiger partial charge in [0.15, 0.2) is 0 Å². The molecule has 1 atom stereocenters. The molecule has 1 rings (SSSR count). The maximum atomic E-state index is 3.62. The lowest BCUT2D eigenvalue weighted by atomic mass is 9.86. The monoisotopic (exact) mass is 290 g/mol. The van der Waals surface area contributed by atoms with Gasteiger partial charge in [-0.25, -0.2) is 0 Å². The van der Waals surface area contributed by atoms with E-state index in [2.05, 4.69) is 82.1 Å². The van der Waals surface area contributed by atoms with Crippen molar-refractivity contribution in [2.45, 2.75) is 66.6 Å². The summed E-state index contributed by atoms with van der Waals surface area (Å²) in [5, 5.41) is 3.62. The second-order valence-corrected chi connectivity index (χ2v) is 7.18. The molecule has 0 aliphatic carbocycles. The molecule has 1 aromatic carbocycles. The van der Waals surface area contributed by atoms with Crippen LogP contribution in [-0.2, 0) is 6.54 Å². The van der Waals surface area contributed by atoms with Crippen LogP contribution in [0.3, 0.4) is 0 Å². The summed E-state index contributed by atoms with van der Waals surface area (Å²) in [5.41, 5.74) is 1.73. The van der Waals surface area contributed by atoms with Crippen molar-refractivity contribution >= 4 is 0 Å². The Morgan fingerprint density at radius 3 is 2.19 bits per heavy atom. The van der Waals surface area contributed by atoms with E-state index in [1.807, 2.05) is 0 Å². The average Bonchev–Trinajstić information content (AvgIpc) is 2.45. The highest BCUT2D eigenvalue weighted by Crippen LogP contribution is 2.24. The number of nitrogens with one attached hydrogen (secondary N) is 1. The predicted molar refractivity (Wildman–Crippen MR) is 93.5 cm³/mol. The maximum absolute atomic E-state index is 3.62. The number of nitrogens with zero attached hydrogens (tertiary/aromatic N) is 1. The fraction of sp³-hybridized carbons (Fsp3) is 0.684. The largest absolute Gasteiger partial charge is 0.314 e. The van der Waals surface area contributed by atoms with Gasteiger partial charge in [-0.1, -0.05) is 58.0 Å². The van der Waals surface area contributed by atoms with E-state index in [1.165, 1.54) is 12.0 Å². The first-order valence-corrected chi connectivity index (χ1v) is 8.37. The number of rotatable bonds is 9. The molecule has 0 aromatic heterocycles. The standard InChI is InChI=1S/C19H34N2/c1-7-19(6,14-20-16(2)3)15-21(17(4)5)13-18-11-9-8-10-12-18/h8-12,16-17,20H,7,13-15H2,1-6H3. The minimum absolute atomic E-state index is 0.323. The second kappa shape index (κ2) is 8.55. The van der Waals surface area contributed by atoms with E-state index in [-0.39, 0.29) is 0 Å². The molecule has 120 valence electrons. The van der Waals surface area contributed by atoms with Crippen molar-refractivity contribution in [3.8, 4) is 0 Å². The van der Waals surface area contributed by atoms with Gasteiger partial charge in [-0.3, -0.25) is 4.90 Å². The first kappa shape index (κ1) is 18.2. The topological polar surface area (TPSA) is 15.3 Å². The van der Waals surface area contributed by atoms with E-state index < -0.39 is 0 Å². The van der Waals surface area contributed by atoms with Crippen LogP contribution in [0.1, 0.15) is 53.5 Å². The van der Waals surface area contributed by atoms with Crippen LogP contribution in [0.15, 0.2) is 30.3 Å². The van der Waals surface area contributed by atoms with Crippen LogP contribution in [0.5, 0.6) is 0 Å². The SMILES string of the molecule is CCC(C)(CNC(C)C)CN(Cc1ccccc1)C(C)C. The van der Waals surface area contributed by atoms with E-state index in [1.54, 1.807) is 0 Å². The first-order chi connectivity index (χ1) is 9.86. The summed E-state index contributed by atoms with van der Waals surface area (Å²) in [6.45, 7) is 17.0. The molecule has 2 nitrogen and oxygen atoms in total. The van der Waals surface area contributed by atoms with Crippen molar-refractivity contribution in [3.05, 3.63) is 35.9 Å². The molecule has 2 heteroatoms. The molecule has 1 aromatic rings. The van der Waals surface area contributed by atoms with Gasteiger partial charge in [0.25, 0.3) is 0 Å². The summed E-state index contributed by atoms with van der Waals surface area (Å²) in [5.74, 6) is 0. The number of hydrogen-bond donors (Lipinski definition) is 1. The van der Waals surface area contributed by atoms with Gasteiger partial charge in [0.2, 0.25) is 0 Å². The summed E-state index contributed by atoms with van der Waals surface area (Å²) < 4.78 is 0. The lowest BCUT2D eigenvalue weighted by Crippen LogP contribution is -2.45. The molecular formula is C19H34N2. The Morgan fingerprint density at radius 1 is 1.10 bits per heavy atom. The predicted octanol–water partition coefficient (Wildman–Crippen LogP) is 4.31. The summed E-state index contributed by atoms with van der Waals surface area (Å²) in [6.07, 6.45) is 1.20. The van der Waals surface area contributed by atoms with Crippen LogP contribution in [0.25, 0.3) is 0 Å². The highest BCUT2D eigenvalue weighted by atomic mass is 15.2. The van der Waals surface area contributed by atoms with Crippen molar-refractivity contribution in [2.24, 2.45) is 5.41 Å². The van der Waals surface area contributed by atoms with Gasteiger partial charge in [-0.2, -0.15) is 0 Å². The molecule has 0 fully saturated rings. The summed E-state index contributed by atoms with van der Waals surface area (Å²) in [6, 6.07) is 11.9. The Morgan fingerprint density at radius 2 is 1.71 bits per heavy atom. The molecule has 0 amide bonds. The van der Waals surface area contributed by atoms with E-state index in [9.17, 15) is 0 Å². The van der Waals surface area contributed by atoms with Gasteiger partial charge in [0.05, 0.1) is 0 Å². The van der Waals surface area contributed by atoms with E-state index in [0.29, 0.717) is 17.5 Å². The molecule has 21 heavy (non-hydrogen) atoms. The van der Waals surface area contributed by atoms with E-state index >= 15 is 0 Å². The molecule has 0 radical (unpaired) electrons. The highest BCUT2D eigenvalue weighted by Gasteiger charge is 2.26. The molecule has 0 heterocycles. The minimum atomic E-state index is 0.323. The molecule has 1 N–H and O–H groups in total. The molecule has 0 aliphatic rings. The van der Waals surface area contributed by atoms with Gasteiger partial charge in [0.1, 0.15) is 0 Å². The third-order valence-corrected chi connectivity index (χ3v) is 4.33. The number of hydrogen-bond acceptors (Lipinski definition) is 2. The Kier molecular flexibility index (Phi) is 7.41. The smallest absolute Gasteiger partial charge is 0.0236 e. The average molecular weight is 290 g/mol. The Labute approximate surface area is 131 Å². The van der Waals surface area contributed by atoms with Crippen LogP contribution in [0, 0.1) is 5.41 Å². The minimum Gasteiger partial charge on any atom is -0.314 e. The van der Waals surface area contributed by atoms with Crippen LogP contribution in [0.4, 0.5) is 0 Å². The van der Waals surface area contributed by atoms with Gasteiger partial charge in [0, 0.05) is 31.7 Å². The quantitative estimate of drug-likeness (QED) is 0.729. The Hall–Kier alpha value is -0.860. The van der Waals surface area contributed by atoms with Gasteiger partial charge in [-0.15, -0.1) is 0 Å². The normalized spacial score (nSPS) is 14.9. The van der Waals surface area contributed by atoms with Gasteiger partial charge >= 0.3 is 0 Å². The Balaban J connectivity index is 2.71. The molecule has 0 saturated carbocycles. The Bertz CT molecular complexity index is 386. The molecule has 0 bridgehead atoms. The van der Waals surface area contributed by atoms with Crippen molar-refractivity contribution < 1.29 is 0 Å². The summed E-state index contributed by atoms with van der Waals surface area (Å²) in [4.78, 5) is 2.60. The van der Waals surface area contributed by atoms with Crippen LogP contribution < -0.4 is 5.32 Å². The molecular weight excluding hydrogens is 256 g/mol. The third kappa shape index (κ3) is 6.62. The first-order valence-electron chi connectivity index (χ1n) is 8.37. The van der Waals surface area contributed by atoms with Gasteiger partial charge in [-0.05, 0) is 31.2 Å². The zero-order valence-corrected chi connectivity index (χ0v) is 14.8. The zero-order valence-electron chi connectivity index (χ0n) is 14.8. The van der Waals surface area contributed by atoms with Gasteiger partial charge < -0.3 is 5.32 Å². The van der Waals surface area contributed by atoms with Crippen LogP contribution in [0.2, 0.25) is 0 Å². The molecule has 1 unspecified atom stereocenters. The molecule has 0 saturated heterocycles. The van der Waals surface area contributed by atoms with E-state index in [4.69, 9.17) is 0 Å². The second-order valence-electron chi connectivity index (χ2n) is 7.18. The molecule has 0 spiro atoms. The summed E-state index contributed by atoms with van der Waals surface area (Å²) >= 11 is 0. The van der Waals surface area contributed by atoms with Crippen molar-refractivity contribution in [3.63, 3.8) is 0 Å². The number of benzene rings is 1. The van der Waals surface area contributed by atoms with Crippen LogP contribution >= 0.6 is 0 Å². The van der Waals surface area contributed by atoms with Crippen molar-refractivity contribution in [1.29, 1.82) is 0 Å².